The molecule has 3 heterocycles. The van der Waals surface area contributed by atoms with Gasteiger partial charge < -0.3 is 11.5 Å². The van der Waals surface area contributed by atoms with Gasteiger partial charge in [0.2, 0.25) is 5.91 Å². The molecule has 0 atom stereocenters. The predicted octanol–water partition coefficient (Wildman–Crippen LogP) is 0.978. The van der Waals surface area contributed by atoms with Crippen molar-refractivity contribution < 1.29 is 9.59 Å². The summed E-state index contributed by atoms with van der Waals surface area (Å²) in [6.07, 6.45) is 5.11. The summed E-state index contributed by atoms with van der Waals surface area (Å²) in [4.78, 5) is 33.3. The standard InChI is InChI=1S/C18H21N7O2S/c1-3-25-13(8-11(2)23-25)17(27)22-18-24(7-5-4-6-19)16-14(28-18)9-12(10-21-16)15(20)26/h4-5,8-10H,3,6-7,19H2,1-2H3,(H2,20,26)/b5-4+,22-18?. The number of carbonyl (C=O) groups excluding carboxylic acids is 2. The third kappa shape index (κ3) is 3.92. The van der Waals surface area contributed by atoms with Crippen molar-refractivity contribution in [2.24, 2.45) is 16.5 Å². The summed E-state index contributed by atoms with van der Waals surface area (Å²) >= 11 is 1.27. The van der Waals surface area contributed by atoms with Crippen molar-refractivity contribution >= 4 is 33.5 Å². The summed E-state index contributed by atoms with van der Waals surface area (Å²) in [5.74, 6) is -0.949. The van der Waals surface area contributed by atoms with Crippen LogP contribution in [0.2, 0.25) is 0 Å². The number of primary amides is 1. The van der Waals surface area contributed by atoms with E-state index >= 15 is 0 Å². The highest BCUT2D eigenvalue weighted by molar-refractivity contribution is 7.16. The molecule has 0 aromatic carbocycles. The molecule has 28 heavy (non-hydrogen) atoms. The van der Waals surface area contributed by atoms with E-state index in [4.69, 9.17) is 11.5 Å². The zero-order valence-electron chi connectivity index (χ0n) is 15.6. The number of hydrogen-bond acceptors (Lipinski definition) is 6. The van der Waals surface area contributed by atoms with Gasteiger partial charge in [-0.25, -0.2) is 4.98 Å². The van der Waals surface area contributed by atoms with Crippen molar-refractivity contribution in [1.82, 2.24) is 19.3 Å². The average molecular weight is 399 g/mol. The molecule has 0 aliphatic carbocycles. The van der Waals surface area contributed by atoms with Crippen LogP contribution in [0.1, 0.15) is 33.5 Å². The van der Waals surface area contributed by atoms with Gasteiger partial charge in [0.15, 0.2) is 10.4 Å². The monoisotopic (exact) mass is 399 g/mol. The fraction of sp³-hybridized carbons (Fsp3) is 0.278. The molecule has 4 N–H and O–H groups in total. The first-order valence-electron chi connectivity index (χ1n) is 8.72. The number of fused-ring (bicyclic) bond motifs is 1. The molecule has 0 aliphatic rings. The van der Waals surface area contributed by atoms with Crippen LogP contribution < -0.4 is 16.3 Å². The van der Waals surface area contributed by atoms with E-state index in [0.29, 0.717) is 46.0 Å². The molecular weight excluding hydrogens is 378 g/mol. The smallest absolute Gasteiger partial charge is 0.297 e. The molecular formula is C18H21N7O2S. The van der Waals surface area contributed by atoms with Crippen LogP contribution >= 0.6 is 11.3 Å². The Morgan fingerprint density at radius 3 is 2.79 bits per heavy atom. The highest BCUT2D eigenvalue weighted by atomic mass is 32.1. The van der Waals surface area contributed by atoms with E-state index in [1.54, 1.807) is 21.4 Å². The lowest BCUT2D eigenvalue weighted by Crippen LogP contribution is -2.18. The summed E-state index contributed by atoms with van der Waals surface area (Å²) in [7, 11) is 0. The normalized spacial score (nSPS) is 12.3. The van der Waals surface area contributed by atoms with Crippen molar-refractivity contribution in [2.45, 2.75) is 26.9 Å². The van der Waals surface area contributed by atoms with Gasteiger partial charge in [0.05, 0.1) is 16.0 Å². The second-order valence-electron chi connectivity index (χ2n) is 6.02. The van der Waals surface area contributed by atoms with E-state index < -0.39 is 5.91 Å². The molecule has 0 radical (unpaired) electrons. The minimum atomic E-state index is -0.561. The average Bonchev–Trinajstić information content (AvgIpc) is 3.21. The maximum absolute atomic E-state index is 12.8. The Labute approximate surface area is 165 Å². The Kier molecular flexibility index (Phi) is 5.81. The minimum absolute atomic E-state index is 0.302. The van der Waals surface area contributed by atoms with Crippen molar-refractivity contribution in [3.63, 3.8) is 0 Å². The minimum Gasteiger partial charge on any atom is -0.366 e. The zero-order valence-corrected chi connectivity index (χ0v) is 16.4. The molecule has 0 aliphatic heterocycles. The third-order valence-electron chi connectivity index (χ3n) is 4.01. The van der Waals surface area contributed by atoms with Gasteiger partial charge >= 0.3 is 0 Å². The molecule has 3 rings (SSSR count). The molecule has 0 fully saturated rings. The first-order chi connectivity index (χ1) is 13.4. The molecule has 0 bridgehead atoms. The number of thiazole rings is 1. The van der Waals surface area contributed by atoms with Gasteiger partial charge in [0, 0.05) is 25.8 Å². The SMILES string of the molecule is CCn1nc(C)cc1C(=O)N=c1sc2cc(C(N)=O)cnc2n1C/C=C/CN. The summed E-state index contributed by atoms with van der Waals surface area (Å²) in [6, 6.07) is 3.37. The van der Waals surface area contributed by atoms with E-state index in [2.05, 4.69) is 15.1 Å². The van der Waals surface area contributed by atoms with Gasteiger partial charge in [-0.3, -0.25) is 18.8 Å². The second-order valence-corrected chi connectivity index (χ2v) is 7.03. The van der Waals surface area contributed by atoms with Crippen molar-refractivity contribution in [3.8, 4) is 0 Å². The molecule has 10 heteroatoms. The van der Waals surface area contributed by atoms with Gasteiger partial charge in [-0.1, -0.05) is 23.5 Å². The Balaban J connectivity index is 2.15. The van der Waals surface area contributed by atoms with Crippen LogP contribution in [0.3, 0.4) is 0 Å². The number of pyridine rings is 1. The number of hydrogen-bond donors (Lipinski definition) is 2. The van der Waals surface area contributed by atoms with E-state index in [1.165, 1.54) is 17.5 Å². The lowest BCUT2D eigenvalue weighted by atomic mass is 10.3. The maximum atomic E-state index is 12.8. The highest BCUT2D eigenvalue weighted by Crippen LogP contribution is 2.17. The van der Waals surface area contributed by atoms with Crippen LogP contribution in [0, 0.1) is 6.92 Å². The molecule has 3 aromatic rings. The molecule has 0 spiro atoms. The zero-order chi connectivity index (χ0) is 20.3. The molecule has 3 aromatic heterocycles. The van der Waals surface area contributed by atoms with Crippen molar-refractivity contribution in [1.29, 1.82) is 0 Å². The number of aryl methyl sites for hydroxylation is 2. The molecule has 146 valence electrons. The quantitative estimate of drug-likeness (QED) is 0.596. The Morgan fingerprint density at radius 2 is 2.11 bits per heavy atom. The molecule has 0 unspecified atom stereocenters. The number of allylic oxidation sites excluding steroid dienone is 1. The van der Waals surface area contributed by atoms with Gasteiger partial charge in [-0.05, 0) is 26.0 Å². The lowest BCUT2D eigenvalue weighted by molar-refractivity contribution is 0.0983. The third-order valence-corrected chi connectivity index (χ3v) is 5.03. The molecule has 0 saturated heterocycles. The number of nitrogens with two attached hydrogens (primary N) is 2. The second kappa shape index (κ2) is 8.28. The highest BCUT2D eigenvalue weighted by Gasteiger charge is 2.15. The Bertz CT molecular complexity index is 1140. The predicted molar refractivity (Wildman–Crippen MR) is 107 cm³/mol. The number of nitrogens with zero attached hydrogens (tertiary/aromatic N) is 5. The summed E-state index contributed by atoms with van der Waals surface area (Å²) in [5, 5.41) is 4.29. The summed E-state index contributed by atoms with van der Waals surface area (Å²) in [5.41, 5.74) is 13.0. The number of carbonyl (C=O) groups is 2. The largest absolute Gasteiger partial charge is 0.366 e. The van der Waals surface area contributed by atoms with Crippen LogP contribution in [0.5, 0.6) is 0 Å². The molecule has 0 saturated carbocycles. The lowest BCUT2D eigenvalue weighted by Gasteiger charge is -2.02. The fourth-order valence-corrected chi connectivity index (χ4v) is 3.76. The van der Waals surface area contributed by atoms with Gasteiger partial charge in [0.1, 0.15) is 5.69 Å². The van der Waals surface area contributed by atoms with E-state index in [-0.39, 0.29) is 5.91 Å². The Morgan fingerprint density at radius 1 is 1.32 bits per heavy atom. The van der Waals surface area contributed by atoms with Gasteiger partial charge in [0.25, 0.3) is 5.91 Å². The molecule has 9 nitrogen and oxygen atoms in total. The number of rotatable bonds is 6. The van der Waals surface area contributed by atoms with Crippen LogP contribution in [0.25, 0.3) is 10.3 Å². The summed E-state index contributed by atoms with van der Waals surface area (Å²) in [6.45, 7) is 5.16. The first kappa shape index (κ1) is 19.6. The van der Waals surface area contributed by atoms with Crippen LogP contribution in [0.15, 0.2) is 35.5 Å². The Hall–Kier alpha value is -3.11. The first-order valence-corrected chi connectivity index (χ1v) is 9.54. The van der Waals surface area contributed by atoms with Crippen LogP contribution in [-0.4, -0.2) is 37.7 Å². The van der Waals surface area contributed by atoms with Crippen molar-refractivity contribution in [3.05, 3.63) is 52.2 Å². The number of amides is 2. The fourth-order valence-electron chi connectivity index (χ4n) is 2.72. The van der Waals surface area contributed by atoms with E-state index in [0.717, 1.165) is 5.69 Å². The van der Waals surface area contributed by atoms with E-state index in [9.17, 15) is 9.59 Å². The van der Waals surface area contributed by atoms with Crippen molar-refractivity contribution in [2.75, 3.05) is 6.54 Å². The van der Waals surface area contributed by atoms with E-state index in [1.807, 2.05) is 26.0 Å². The topological polar surface area (TPSA) is 134 Å². The van der Waals surface area contributed by atoms with Crippen LogP contribution in [-0.2, 0) is 13.1 Å². The van der Waals surface area contributed by atoms with Gasteiger partial charge in [-0.15, -0.1) is 0 Å². The summed E-state index contributed by atoms with van der Waals surface area (Å²) < 4.78 is 4.13. The number of aromatic nitrogens is 4. The van der Waals surface area contributed by atoms with Gasteiger partial charge in [-0.2, -0.15) is 10.1 Å². The maximum Gasteiger partial charge on any atom is 0.297 e. The molecule has 2 amide bonds. The van der Waals surface area contributed by atoms with Crippen LogP contribution in [0.4, 0.5) is 0 Å².